The third-order valence-electron chi connectivity index (χ3n) is 1.28. The van der Waals surface area contributed by atoms with Gasteiger partial charge < -0.3 is 0 Å². The molecular weight excluding hydrogens is 207 g/mol. The summed E-state index contributed by atoms with van der Waals surface area (Å²) in [4.78, 5) is 0. The van der Waals surface area contributed by atoms with Crippen LogP contribution in [-0.2, 0) is 0 Å². The van der Waals surface area contributed by atoms with Crippen LogP contribution in [-0.4, -0.2) is 11.8 Å². The number of hydrogen-bond acceptors (Lipinski definition) is 0. The zero-order valence-electron chi connectivity index (χ0n) is 4.97. The van der Waals surface area contributed by atoms with Crippen molar-refractivity contribution < 1.29 is 17.6 Å². The molecule has 0 N–H and O–H groups in total. The summed E-state index contributed by atoms with van der Waals surface area (Å²) in [5, 5.41) is -2.49. The molecule has 6 heteroatoms. The summed E-state index contributed by atoms with van der Waals surface area (Å²) in [6.07, 6.45) is -1.63. The van der Waals surface area contributed by atoms with Crippen molar-refractivity contribution in [3.63, 3.8) is 0 Å². The van der Waals surface area contributed by atoms with Gasteiger partial charge in [-0.05, 0) is 0 Å². The fraction of sp³-hybridized carbons (Fsp3) is 0.600. The SMILES string of the molecule is FC1(F)CC(F)(F)C(Cl)=C1Cl. The summed E-state index contributed by atoms with van der Waals surface area (Å²) in [5.41, 5.74) is 0. The average molecular weight is 209 g/mol. The normalized spacial score (nSPS) is 27.8. The van der Waals surface area contributed by atoms with E-state index in [9.17, 15) is 17.6 Å². The minimum atomic E-state index is -3.68. The maximum Gasteiger partial charge on any atom is 0.291 e. The molecular formula is C5H2Cl2F4. The van der Waals surface area contributed by atoms with Crippen LogP contribution in [0.25, 0.3) is 0 Å². The topological polar surface area (TPSA) is 0 Å². The van der Waals surface area contributed by atoms with Gasteiger partial charge in [0.15, 0.2) is 0 Å². The van der Waals surface area contributed by atoms with Crippen LogP contribution in [0.15, 0.2) is 10.1 Å². The Bertz CT molecular complexity index is 199. The van der Waals surface area contributed by atoms with Gasteiger partial charge in [0.25, 0.3) is 11.8 Å². The molecule has 0 saturated heterocycles. The van der Waals surface area contributed by atoms with Gasteiger partial charge in [-0.3, -0.25) is 0 Å². The van der Waals surface area contributed by atoms with Gasteiger partial charge in [-0.15, -0.1) is 0 Å². The van der Waals surface area contributed by atoms with E-state index >= 15 is 0 Å². The maximum atomic E-state index is 12.3. The predicted octanol–water partition coefficient (Wildman–Crippen LogP) is 3.35. The van der Waals surface area contributed by atoms with Crippen molar-refractivity contribution in [2.24, 2.45) is 0 Å². The van der Waals surface area contributed by atoms with Gasteiger partial charge in [0, 0.05) is 0 Å². The van der Waals surface area contributed by atoms with Crippen LogP contribution >= 0.6 is 23.2 Å². The third-order valence-corrected chi connectivity index (χ3v) is 2.31. The number of allylic oxidation sites excluding steroid dienone is 2. The highest BCUT2D eigenvalue weighted by atomic mass is 35.5. The molecule has 0 bridgehead atoms. The van der Waals surface area contributed by atoms with Gasteiger partial charge in [-0.25, -0.2) is 17.6 Å². The Morgan fingerprint density at radius 1 is 0.909 bits per heavy atom. The Balaban J connectivity index is 3.09. The van der Waals surface area contributed by atoms with E-state index in [1.54, 1.807) is 0 Å². The lowest BCUT2D eigenvalue weighted by Crippen LogP contribution is -2.19. The van der Waals surface area contributed by atoms with Crippen molar-refractivity contribution >= 4 is 23.2 Å². The molecule has 11 heavy (non-hydrogen) atoms. The highest BCUT2D eigenvalue weighted by Crippen LogP contribution is 2.52. The van der Waals surface area contributed by atoms with E-state index in [0.29, 0.717) is 0 Å². The summed E-state index contributed by atoms with van der Waals surface area (Å²) < 4.78 is 49.3. The first-order valence-electron chi connectivity index (χ1n) is 2.59. The largest absolute Gasteiger partial charge is 0.291 e. The van der Waals surface area contributed by atoms with E-state index in [1.165, 1.54) is 0 Å². The monoisotopic (exact) mass is 208 g/mol. The second kappa shape index (κ2) is 2.26. The Hall–Kier alpha value is 0.0400. The maximum absolute atomic E-state index is 12.3. The van der Waals surface area contributed by atoms with Crippen molar-refractivity contribution in [1.29, 1.82) is 0 Å². The minimum absolute atomic E-state index is 1.25. The van der Waals surface area contributed by atoms with Crippen molar-refractivity contribution in [1.82, 2.24) is 0 Å². The molecule has 0 amide bonds. The summed E-state index contributed by atoms with van der Waals surface area (Å²) in [6, 6.07) is 0. The number of alkyl halides is 4. The van der Waals surface area contributed by atoms with Crippen molar-refractivity contribution in [3.05, 3.63) is 10.1 Å². The Morgan fingerprint density at radius 2 is 1.18 bits per heavy atom. The van der Waals surface area contributed by atoms with Gasteiger partial charge >= 0.3 is 0 Å². The lowest BCUT2D eigenvalue weighted by molar-refractivity contribution is -0.0386. The first-order chi connectivity index (χ1) is 4.77. The van der Waals surface area contributed by atoms with Crippen LogP contribution in [0.2, 0.25) is 0 Å². The molecule has 0 atom stereocenters. The van der Waals surface area contributed by atoms with Crippen LogP contribution in [0, 0.1) is 0 Å². The first kappa shape index (κ1) is 9.13. The summed E-state index contributed by atoms with van der Waals surface area (Å²) in [5.74, 6) is -7.36. The standard InChI is InChI=1S/C5H2Cl2F4/c6-2-3(7)5(10,11)1-4(2,8)9/h1H2. The number of halogens is 6. The molecule has 0 aromatic rings. The molecule has 0 saturated carbocycles. The molecule has 0 fully saturated rings. The molecule has 0 aromatic heterocycles. The summed E-state index contributed by atoms with van der Waals surface area (Å²) in [6.45, 7) is 0. The fourth-order valence-electron chi connectivity index (χ4n) is 0.755. The second-order valence-corrected chi connectivity index (χ2v) is 2.97. The number of rotatable bonds is 0. The summed E-state index contributed by atoms with van der Waals surface area (Å²) >= 11 is 9.71. The van der Waals surface area contributed by atoms with Crippen LogP contribution in [0.4, 0.5) is 17.6 Å². The van der Waals surface area contributed by atoms with Gasteiger partial charge in [-0.1, -0.05) is 23.2 Å². The van der Waals surface area contributed by atoms with Crippen LogP contribution in [0.3, 0.4) is 0 Å². The molecule has 64 valence electrons. The van der Waals surface area contributed by atoms with Crippen LogP contribution in [0.1, 0.15) is 6.42 Å². The molecule has 0 spiro atoms. The Labute approximate surface area is 69.8 Å². The van der Waals surface area contributed by atoms with Gasteiger partial charge in [0.1, 0.15) is 10.1 Å². The lowest BCUT2D eigenvalue weighted by Gasteiger charge is -2.09. The van der Waals surface area contributed by atoms with E-state index in [1.807, 2.05) is 0 Å². The molecule has 0 heterocycles. The van der Waals surface area contributed by atoms with E-state index in [-0.39, 0.29) is 0 Å². The molecule has 1 aliphatic carbocycles. The van der Waals surface area contributed by atoms with Gasteiger partial charge in [-0.2, -0.15) is 0 Å². The molecule has 0 nitrogen and oxygen atoms in total. The quantitative estimate of drug-likeness (QED) is 0.536. The van der Waals surface area contributed by atoms with Gasteiger partial charge in [0.2, 0.25) is 0 Å². The molecule has 1 rings (SSSR count). The molecule has 0 aliphatic heterocycles. The van der Waals surface area contributed by atoms with Crippen molar-refractivity contribution in [2.45, 2.75) is 18.3 Å². The van der Waals surface area contributed by atoms with E-state index in [2.05, 4.69) is 0 Å². The predicted molar refractivity (Wildman–Crippen MR) is 33.2 cm³/mol. The summed E-state index contributed by atoms with van der Waals surface area (Å²) in [7, 11) is 0. The zero-order chi connectivity index (χ0) is 8.86. The van der Waals surface area contributed by atoms with E-state index in [0.717, 1.165) is 0 Å². The number of hydrogen-bond donors (Lipinski definition) is 0. The fourth-order valence-corrected chi connectivity index (χ4v) is 1.17. The third kappa shape index (κ3) is 1.34. The van der Waals surface area contributed by atoms with Crippen LogP contribution < -0.4 is 0 Å². The first-order valence-corrected chi connectivity index (χ1v) is 3.35. The molecule has 0 aromatic carbocycles. The Kier molecular flexibility index (Phi) is 1.88. The Morgan fingerprint density at radius 3 is 1.27 bits per heavy atom. The second-order valence-electron chi connectivity index (χ2n) is 2.21. The highest BCUT2D eigenvalue weighted by molar-refractivity contribution is 6.40. The zero-order valence-corrected chi connectivity index (χ0v) is 6.49. The molecule has 0 radical (unpaired) electrons. The highest BCUT2D eigenvalue weighted by Gasteiger charge is 2.56. The average Bonchev–Trinajstić information content (AvgIpc) is 1.91. The van der Waals surface area contributed by atoms with Crippen molar-refractivity contribution in [3.8, 4) is 0 Å². The van der Waals surface area contributed by atoms with Crippen molar-refractivity contribution in [2.75, 3.05) is 0 Å². The molecule has 0 unspecified atom stereocenters. The van der Waals surface area contributed by atoms with Gasteiger partial charge in [0.05, 0.1) is 6.42 Å². The lowest BCUT2D eigenvalue weighted by atomic mass is 10.2. The van der Waals surface area contributed by atoms with Crippen LogP contribution in [0.5, 0.6) is 0 Å². The smallest absolute Gasteiger partial charge is 0.200 e. The van der Waals surface area contributed by atoms with E-state index in [4.69, 9.17) is 23.2 Å². The molecule has 1 aliphatic rings. The minimum Gasteiger partial charge on any atom is -0.200 e. The van der Waals surface area contributed by atoms with E-state index < -0.39 is 28.3 Å².